The van der Waals surface area contributed by atoms with Crippen molar-refractivity contribution in [2.75, 3.05) is 20.6 Å². The molecule has 0 aliphatic heterocycles. The second kappa shape index (κ2) is 6.89. The largest absolute Gasteiger partial charge is 0.416 e. The molecule has 0 atom stereocenters. The van der Waals surface area contributed by atoms with Crippen LogP contribution in [0.5, 0.6) is 0 Å². The van der Waals surface area contributed by atoms with Gasteiger partial charge in [-0.1, -0.05) is 11.3 Å². The third kappa shape index (κ3) is 4.78. The lowest BCUT2D eigenvalue weighted by Crippen LogP contribution is -2.18. The van der Waals surface area contributed by atoms with Crippen molar-refractivity contribution in [1.82, 2.24) is 19.9 Å². The molecule has 0 unspecified atom stereocenters. The van der Waals surface area contributed by atoms with E-state index < -0.39 is 27.3 Å². The molecule has 0 saturated carbocycles. The minimum Gasteiger partial charge on any atom is -0.308 e. The van der Waals surface area contributed by atoms with Gasteiger partial charge in [0, 0.05) is 12.7 Å². The van der Waals surface area contributed by atoms with Crippen molar-refractivity contribution in [3.05, 3.63) is 41.7 Å². The molecular weight excluding hydrogens is 345 g/mol. The number of sulfone groups is 1. The summed E-state index contributed by atoms with van der Waals surface area (Å²) in [7, 11) is -0.171. The van der Waals surface area contributed by atoms with Gasteiger partial charge in [-0.3, -0.25) is 4.68 Å². The molecule has 1 heterocycles. The van der Waals surface area contributed by atoms with E-state index in [9.17, 15) is 21.6 Å². The first-order valence-corrected chi connectivity index (χ1v) is 8.67. The highest BCUT2D eigenvalue weighted by atomic mass is 32.2. The molecule has 1 aromatic carbocycles. The molecule has 0 N–H and O–H groups in total. The van der Waals surface area contributed by atoms with Gasteiger partial charge in [-0.2, -0.15) is 13.2 Å². The van der Waals surface area contributed by atoms with E-state index in [1.807, 2.05) is 19.0 Å². The fraction of sp³-hybridized carbons (Fsp3) is 0.429. The van der Waals surface area contributed by atoms with E-state index in [2.05, 4.69) is 10.3 Å². The van der Waals surface area contributed by atoms with Gasteiger partial charge in [0.2, 0.25) is 0 Å². The summed E-state index contributed by atoms with van der Waals surface area (Å²) in [5.74, 6) is -0.504. The minimum atomic E-state index is -4.60. The molecule has 0 saturated heterocycles. The van der Waals surface area contributed by atoms with Crippen LogP contribution in [0.2, 0.25) is 0 Å². The van der Waals surface area contributed by atoms with Gasteiger partial charge in [0.05, 0.1) is 22.7 Å². The molecule has 24 heavy (non-hydrogen) atoms. The van der Waals surface area contributed by atoms with E-state index in [-0.39, 0.29) is 10.6 Å². The molecule has 2 rings (SSSR count). The summed E-state index contributed by atoms with van der Waals surface area (Å²) in [6.45, 7) is 1.23. The highest BCUT2D eigenvalue weighted by Crippen LogP contribution is 2.31. The average molecular weight is 362 g/mol. The third-order valence-electron chi connectivity index (χ3n) is 3.22. The van der Waals surface area contributed by atoms with Gasteiger partial charge < -0.3 is 4.90 Å². The van der Waals surface area contributed by atoms with Crippen molar-refractivity contribution in [3.63, 3.8) is 0 Å². The number of benzene rings is 1. The number of likely N-dealkylation sites (N-methyl/N-ethyl adjacent to an activating group) is 1. The Morgan fingerprint density at radius 1 is 1.25 bits per heavy atom. The van der Waals surface area contributed by atoms with Crippen LogP contribution in [-0.2, 0) is 28.3 Å². The topological polar surface area (TPSA) is 68.1 Å². The Labute approximate surface area is 137 Å². The Balaban J connectivity index is 2.17. The van der Waals surface area contributed by atoms with Crippen molar-refractivity contribution >= 4 is 9.84 Å². The molecule has 0 radical (unpaired) electrons. The molecule has 132 valence electrons. The Morgan fingerprint density at radius 3 is 2.58 bits per heavy atom. The van der Waals surface area contributed by atoms with Crippen LogP contribution in [0.25, 0.3) is 0 Å². The van der Waals surface area contributed by atoms with Crippen molar-refractivity contribution in [1.29, 1.82) is 0 Å². The molecule has 0 aliphatic rings. The first-order valence-electron chi connectivity index (χ1n) is 7.02. The van der Waals surface area contributed by atoms with Crippen LogP contribution in [0.4, 0.5) is 13.2 Å². The summed E-state index contributed by atoms with van der Waals surface area (Å²) < 4.78 is 64.2. The van der Waals surface area contributed by atoms with Crippen molar-refractivity contribution in [3.8, 4) is 0 Å². The summed E-state index contributed by atoms with van der Waals surface area (Å²) in [6, 6.07) is 3.67. The van der Waals surface area contributed by atoms with Crippen LogP contribution < -0.4 is 0 Å². The Bertz CT molecular complexity index is 800. The predicted molar refractivity (Wildman–Crippen MR) is 80.9 cm³/mol. The first kappa shape index (κ1) is 18.4. The molecule has 0 spiro atoms. The van der Waals surface area contributed by atoms with Crippen molar-refractivity contribution < 1.29 is 21.6 Å². The zero-order valence-electron chi connectivity index (χ0n) is 13.2. The van der Waals surface area contributed by atoms with E-state index in [4.69, 9.17) is 0 Å². The summed E-state index contributed by atoms with van der Waals surface area (Å²) in [5.41, 5.74) is -0.815. The first-order chi connectivity index (χ1) is 11.1. The number of rotatable bonds is 6. The fourth-order valence-electron chi connectivity index (χ4n) is 1.96. The van der Waals surface area contributed by atoms with Crippen LogP contribution in [0.1, 0.15) is 11.3 Å². The number of hydrogen-bond acceptors (Lipinski definition) is 5. The zero-order valence-corrected chi connectivity index (χ0v) is 14.0. The average Bonchev–Trinajstić information content (AvgIpc) is 2.91. The van der Waals surface area contributed by atoms with Gasteiger partial charge in [-0.25, -0.2) is 8.42 Å². The van der Waals surface area contributed by atoms with E-state index in [1.54, 1.807) is 0 Å². The van der Waals surface area contributed by atoms with Crippen LogP contribution in [-0.4, -0.2) is 49.0 Å². The summed E-state index contributed by atoms with van der Waals surface area (Å²) in [6.07, 6.45) is -3.12. The number of nitrogens with zero attached hydrogens (tertiary/aromatic N) is 4. The van der Waals surface area contributed by atoms with Gasteiger partial charge in [-0.15, -0.1) is 5.10 Å². The molecule has 0 aliphatic carbocycles. The van der Waals surface area contributed by atoms with Crippen LogP contribution in [0, 0.1) is 0 Å². The van der Waals surface area contributed by atoms with Gasteiger partial charge in [0.15, 0.2) is 9.84 Å². The van der Waals surface area contributed by atoms with E-state index in [1.165, 1.54) is 10.9 Å². The minimum absolute atomic E-state index is 0.186. The standard InChI is InChI=1S/C14H17F3N4O2S/c1-20(2)6-7-21-9-12(18-19-21)10-24(22,23)13-5-3-4-11(8-13)14(15,16)17/h3-5,8-9H,6-7,10H2,1-2H3. The predicted octanol–water partition coefficient (Wildman–Crippen LogP) is 1.83. The molecule has 6 nitrogen and oxygen atoms in total. The Morgan fingerprint density at radius 2 is 1.96 bits per heavy atom. The smallest absolute Gasteiger partial charge is 0.308 e. The highest BCUT2D eigenvalue weighted by Gasteiger charge is 2.31. The molecule has 0 amide bonds. The lowest BCUT2D eigenvalue weighted by Gasteiger charge is -2.09. The quantitative estimate of drug-likeness (QED) is 0.784. The van der Waals surface area contributed by atoms with E-state index >= 15 is 0 Å². The van der Waals surface area contributed by atoms with Gasteiger partial charge >= 0.3 is 6.18 Å². The molecule has 10 heteroatoms. The van der Waals surface area contributed by atoms with Crippen molar-refractivity contribution in [2.45, 2.75) is 23.4 Å². The number of alkyl halides is 3. The van der Waals surface area contributed by atoms with Gasteiger partial charge in [-0.05, 0) is 32.3 Å². The summed E-state index contributed by atoms with van der Waals surface area (Å²) in [5, 5.41) is 7.59. The van der Waals surface area contributed by atoms with Gasteiger partial charge in [0.25, 0.3) is 0 Å². The van der Waals surface area contributed by atoms with Crippen LogP contribution in [0.3, 0.4) is 0 Å². The monoisotopic (exact) mass is 362 g/mol. The summed E-state index contributed by atoms with van der Waals surface area (Å²) in [4.78, 5) is 1.54. The van der Waals surface area contributed by atoms with Crippen molar-refractivity contribution in [2.24, 2.45) is 0 Å². The maximum Gasteiger partial charge on any atom is 0.416 e. The molecule has 0 fully saturated rings. The highest BCUT2D eigenvalue weighted by molar-refractivity contribution is 7.90. The van der Waals surface area contributed by atoms with Crippen LogP contribution >= 0.6 is 0 Å². The molecule has 1 aromatic heterocycles. The van der Waals surface area contributed by atoms with E-state index in [0.29, 0.717) is 19.2 Å². The number of halogens is 3. The molecule has 2 aromatic rings. The van der Waals surface area contributed by atoms with E-state index in [0.717, 1.165) is 18.2 Å². The lowest BCUT2D eigenvalue weighted by molar-refractivity contribution is -0.137. The number of hydrogen-bond donors (Lipinski definition) is 0. The maximum atomic E-state index is 12.7. The molecular formula is C14H17F3N4O2S. The fourth-order valence-corrected chi connectivity index (χ4v) is 3.24. The lowest BCUT2D eigenvalue weighted by atomic mass is 10.2. The third-order valence-corrected chi connectivity index (χ3v) is 4.87. The Hall–Kier alpha value is -1.94. The molecule has 0 bridgehead atoms. The second-order valence-corrected chi connectivity index (χ2v) is 7.55. The second-order valence-electron chi connectivity index (χ2n) is 5.56. The Kier molecular flexibility index (Phi) is 5.29. The van der Waals surface area contributed by atoms with Gasteiger partial charge in [0.1, 0.15) is 5.75 Å². The zero-order chi connectivity index (χ0) is 18.0. The normalized spacial score (nSPS) is 12.8. The maximum absolute atomic E-state index is 12.7. The number of aromatic nitrogens is 3. The van der Waals surface area contributed by atoms with Crippen LogP contribution in [0.15, 0.2) is 35.4 Å². The summed E-state index contributed by atoms with van der Waals surface area (Å²) >= 11 is 0. The SMILES string of the molecule is CN(C)CCn1cc(CS(=O)(=O)c2cccc(C(F)(F)F)c2)nn1.